The van der Waals surface area contributed by atoms with Crippen molar-refractivity contribution in [3.8, 4) is 0 Å². The highest BCUT2D eigenvalue weighted by molar-refractivity contribution is 6.31. The second-order valence-corrected chi connectivity index (χ2v) is 3.76. The molecule has 88 valence electrons. The largest absolute Gasteiger partial charge is 0.481 e. The van der Waals surface area contributed by atoms with Gasteiger partial charge in [-0.2, -0.15) is 5.10 Å². The summed E-state index contributed by atoms with van der Waals surface area (Å²) >= 11 is 5.86. The quantitative estimate of drug-likeness (QED) is 0.834. The molecule has 16 heavy (non-hydrogen) atoms. The molecular formula is C9H11ClN2O4. The molecule has 0 amide bonds. The van der Waals surface area contributed by atoms with Crippen LogP contribution in [0.1, 0.15) is 23.9 Å². The molecule has 0 radical (unpaired) electrons. The number of nitrogens with zero attached hydrogens (tertiary/aromatic N) is 2. The van der Waals surface area contributed by atoms with Crippen LogP contribution in [0.4, 0.5) is 0 Å². The van der Waals surface area contributed by atoms with Crippen molar-refractivity contribution in [1.29, 1.82) is 0 Å². The number of carboxylic acids is 2. The Kier molecular flexibility index (Phi) is 3.54. The molecule has 0 saturated heterocycles. The Labute approximate surface area is 96.4 Å². The van der Waals surface area contributed by atoms with Crippen molar-refractivity contribution in [2.75, 3.05) is 0 Å². The highest BCUT2D eigenvalue weighted by Crippen LogP contribution is 2.23. The summed E-state index contributed by atoms with van der Waals surface area (Å²) in [5.74, 6) is -2.44. The van der Waals surface area contributed by atoms with E-state index < -0.39 is 24.4 Å². The number of aliphatic carboxylic acids is 2. The smallest absolute Gasteiger partial charge is 0.329 e. The van der Waals surface area contributed by atoms with Crippen molar-refractivity contribution in [2.45, 2.75) is 26.3 Å². The van der Waals surface area contributed by atoms with Gasteiger partial charge in [0.2, 0.25) is 0 Å². The fraction of sp³-hybridized carbons (Fsp3) is 0.444. The molecule has 1 heterocycles. The van der Waals surface area contributed by atoms with Crippen molar-refractivity contribution < 1.29 is 19.8 Å². The SMILES string of the molecule is Cc1nn([C@@H](CC(=O)O)C(=O)O)c(C)c1Cl. The molecule has 0 aromatic carbocycles. The third-order valence-electron chi connectivity index (χ3n) is 2.18. The Morgan fingerprint density at radius 1 is 1.44 bits per heavy atom. The van der Waals surface area contributed by atoms with Gasteiger partial charge in [0.05, 0.1) is 22.8 Å². The molecule has 0 fully saturated rings. The zero-order chi connectivity index (χ0) is 12.5. The summed E-state index contributed by atoms with van der Waals surface area (Å²) in [6, 6.07) is -1.23. The second kappa shape index (κ2) is 4.52. The number of carbonyl (C=O) groups is 2. The lowest BCUT2D eigenvalue weighted by atomic mass is 10.2. The van der Waals surface area contributed by atoms with Crippen LogP contribution in [0.2, 0.25) is 5.02 Å². The lowest BCUT2D eigenvalue weighted by Gasteiger charge is -2.12. The molecular weight excluding hydrogens is 236 g/mol. The average Bonchev–Trinajstić information content (AvgIpc) is 2.42. The van der Waals surface area contributed by atoms with Crippen molar-refractivity contribution in [3.05, 3.63) is 16.4 Å². The summed E-state index contributed by atoms with van der Waals surface area (Å²) in [4.78, 5) is 21.5. The fourth-order valence-electron chi connectivity index (χ4n) is 1.39. The molecule has 0 aliphatic heterocycles. The van der Waals surface area contributed by atoms with Crippen LogP contribution >= 0.6 is 11.6 Å². The van der Waals surface area contributed by atoms with E-state index in [4.69, 9.17) is 21.8 Å². The lowest BCUT2D eigenvalue weighted by Crippen LogP contribution is -2.24. The van der Waals surface area contributed by atoms with Gasteiger partial charge in [0.25, 0.3) is 0 Å². The molecule has 0 unspecified atom stereocenters. The molecule has 0 aliphatic carbocycles. The fourth-order valence-corrected chi connectivity index (χ4v) is 1.51. The summed E-state index contributed by atoms with van der Waals surface area (Å²) < 4.78 is 1.13. The highest BCUT2D eigenvalue weighted by atomic mass is 35.5. The van der Waals surface area contributed by atoms with Crippen LogP contribution in [0.3, 0.4) is 0 Å². The van der Waals surface area contributed by atoms with E-state index in [-0.39, 0.29) is 0 Å². The highest BCUT2D eigenvalue weighted by Gasteiger charge is 2.26. The molecule has 2 N–H and O–H groups in total. The monoisotopic (exact) mass is 246 g/mol. The molecule has 1 atom stereocenters. The van der Waals surface area contributed by atoms with Gasteiger partial charge in [-0.25, -0.2) is 4.79 Å². The number of aromatic nitrogens is 2. The Morgan fingerprint density at radius 3 is 2.31 bits per heavy atom. The van der Waals surface area contributed by atoms with E-state index in [0.29, 0.717) is 16.4 Å². The molecule has 0 spiro atoms. The van der Waals surface area contributed by atoms with Gasteiger partial charge in [-0.05, 0) is 13.8 Å². The maximum Gasteiger partial charge on any atom is 0.329 e. The van der Waals surface area contributed by atoms with Crippen LogP contribution in [-0.2, 0) is 9.59 Å². The van der Waals surface area contributed by atoms with Crippen molar-refractivity contribution in [1.82, 2.24) is 9.78 Å². The Morgan fingerprint density at radius 2 is 2.00 bits per heavy atom. The van der Waals surface area contributed by atoms with Gasteiger partial charge in [0.15, 0.2) is 6.04 Å². The molecule has 1 aromatic rings. The number of hydrogen-bond acceptors (Lipinski definition) is 3. The molecule has 1 rings (SSSR count). The summed E-state index contributed by atoms with van der Waals surface area (Å²) in [5.41, 5.74) is 0.934. The third-order valence-corrected chi connectivity index (χ3v) is 2.73. The van der Waals surface area contributed by atoms with Gasteiger partial charge in [-0.15, -0.1) is 0 Å². The van der Waals surface area contributed by atoms with E-state index >= 15 is 0 Å². The third kappa shape index (κ3) is 2.33. The van der Waals surface area contributed by atoms with E-state index in [1.165, 1.54) is 0 Å². The molecule has 7 heteroatoms. The Hall–Kier alpha value is -1.56. The average molecular weight is 247 g/mol. The van der Waals surface area contributed by atoms with Crippen LogP contribution in [0, 0.1) is 13.8 Å². The number of halogens is 1. The van der Waals surface area contributed by atoms with E-state index in [0.717, 1.165) is 4.68 Å². The van der Waals surface area contributed by atoms with Crippen molar-refractivity contribution >= 4 is 23.5 Å². The van der Waals surface area contributed by atoms with Gasteiger partial charge in [0.1, 0.15) is 0 Å². The lowest BCUT2D eigenvalue weighted by molar-refractivity contribution is -0.147. The van der Waals surface area contributed by atoms with E-state index in [1.54, 1.807) is 13.8 Å². The summed E-state index contributed by atoms with van der Waals surface area (Å²) in [6.07, 6.45) is -0.534. The number of hydrogen-bond donors (Lipinski definition) is 2. The van der Waals surface area contributed by atoms with Crippen LogP contribution < -0.4 is 0 Å². The Bertz CT molecular complexity index is 441. The first-order valence-electron chi connectivity index (χ1n) is 4.50. The minimum Gasteiger partial charge on any atom is -0.481 e. The van der Waals surface area contributed by atoms with Gasteiger partial charge in [0, 0.05) is 0 Å². The first-order chi connectivity index (χ1) is 7.34. The molecule has 0 bridgehead atoms. The van der Waals surface area contributed by atoms with E-state index in [1.807, 2.05) is 0 Å². The zero-order valence-corrected chi connectivity index (χ0v) is 9.52. The van der Waals surface area contributed by atoms with Crippen LogP contribution in [0.5, 0.6) is 0 Å². The van der Waals surface area contributed by atoms with E-state index in [9.17, 15) is 9.59 Å². The predicted octanol–water partition coefficient (Wildman–Crippen LogP) is 1.25. The van der Waals surface area contributed by atoms with Crippen LogP contribution in [-0.4, -0.2) is 31.9 Å². The second-order valence-electron chi connectivity index (χ2n) is 3.38. The molecule has 6 nitrogen and oxygen atoms in total. The normalized spacial score (nSPS) is 12.4. The standard InChI is InChI=1S/C9H11ClN2O4/c1-4-8(10)5(2)12(11-4)6(9(15)16)3-7(13)14/h6H,3H2,1-2H3,(H,13,14)(H,15,16)/t6-/m0/s1. The van der Waals surface area contributed by atoms with Gasteiger partial charge < -0.3 is 10.2 Å². The van der Waals surface area contributed by atoms with Gasteiger partial charge in [-0.1, -0.05) is 11.6 Å². The summed E-state index contributed by atoms with van der Waals surface area (Å²) in [6.45, 7) is 3.23. The minimum atomic E-state index is -1.25. The summed E-state index contributed by atoms with van der Waals surface area (Å²) in [7, 11) is 0. The first kappa shape index (κ1) is 12.5. The molecule has 0 aliphatic rings. The minimum absolute atomic E-state index is 0.358. The Balaban J connectivity index is 3.16. The molecule has 1 aromatic heterocycles. The topological polar surface area (TPSA) is 92.4 Å². The number of carboxylic acid groups (broad SMARTS) is 2. The first-order valence-corrected chi connectivity index (χ1v) is 4.88. The molecule has 0 saturated carbocycles. The van der Waals surface area contributed by atoms with Crippen molar-refractivity contribution in [2.24, 2.45) is 0 Å². The van der Waals surface area contributed by atoms with Crippen LogP contribution in [0.15, 0.2) is 0 Å². The van der Waals surface area contributed by atoms with Crippen molar-refractivity contribution in [3.63, 3.8) is 0 Å². The number of aryl methyl sites for hydroxylation is 1. The number of rotatable bonds is 4. The van der Waals surface area contributed by atoms with E-state index in [2.05, 4.69) is 5.10 Å². The predicted molar refractivity (Wildman–Crippen MR) is 55.6 cm³/mol. The van der Waals surface area contributed by atoms with Gasteiger partial charge in [-0.3, -0.25) is 9.48 Å². The maximum absolute atomic E-state index is 10.9. The zero-order valence-electron chi connectivity index (χ0n) is 8.77. The maximum atomic E-state index is 10.9. The van der Waals surface area contributed by atoms with Crippen LogP contribution in [0.25, 0.3) is 0 Å². The van der Waals surface area contributed by atoms with Gasteiger partial charge >= 0.3 is 11.9 Å². The summed E-state index contributed by atoms with van der Waals surface area (Å²) in [5, 5.41) is 21.8.